The molecule has 1 fully saturated rings. The smallest absolute Gasteiger partial charge is 0.222 e. The third kappa shape index (κ3) is 6.42. The molecule has 1 heterocycles. The van der Waals surface area contributed by atoms with Gasteiger partial charge in [-0.3, -0.25) is 4.79 Å². The lowest BCUT2D eigenvalue weighted by Gasteiger charge is -2.16. The maximum atomic E-state index is 11.4. The molecule has 1 amide bonds. The quantitative estimate of drug-likeness (QED) is 0.904. The van der Waals surface area contributed by atoms with Gasteiger partial charge in [-0.1, -0.05) is 30.1 Å². The number of ether oxygens (including phenoxy) is 1. The summed E-state index contributed by atoms with van der Waals surface area (Å²) in [4.78, 5) is 13.3. The number of methoxy groups -OCH3 is 1. The molecule has 1 aliphatic rings. The van der Waals surface area contributed by atoms with Crippen molar-refractivity contribution in [3.63, 3.8) is 0 Å². The Labute approximate surface area is 142 Å². The molecule has 1 N–H and O–H groups in total. The van der Waals surface area contributed by atoms with E-state index in [0.29, 0.717) is 16.5 Å². The molecule has 1 aliphatic heterocycles. The van der Waals surface area contributed by atoms with E-state index >= 15 is 0 Å². The average Bonchev–Trinajstić information content (AvgIpc) is 3.05. The standard InChI is InChI=1S/C9H17NO2.C7H6Cl2O/c1-8(7-11)6-9(12)10-4-2-3-5-10;1-10-5-2-3-6(8)7(9)4-5/h8,11H,2-7H2,1H3;2-4H,1H3. The number of hydrogen-bond acceptors (Lipinski definition) is 3. The van der Waals surface area contributed by atoms with Crippen LogP contribution in [0.5, 0.6) is 5.75 Å². The summed E-state index contributed by atoms with van der Waals surface area (Å²) in [5, 5.41) is 9.81. The molecule has 1 aromatic rings. The molecule has 1 unspecified atom stereocenters. The maximum absolute atomic E-state index is 11.4. The minimum absolute atomic E-state index is 0.109. The summed E-state index contributed by atoms with van der Waals surface area (Å²) in [6.45, 7) is 3.83. The highest BCUT2D eigenvalue weighted by Gasteiger charge is 2.19. The number of aliphatic hydroxyl groups excluding tert-OH is 1. The lowest BCUT2D eigenvalue weighted by atomic mass is 10.1. The van der Waals surface area contributed by atoms with Gasteiger partial charge in [-0.25, -0.2) is 0 Å². The van der Waals surface area contributed by atoms with Crippen molar-refractivity contribution in [3.05, 3.63) is 28.2 Å². The van der Waals surface area contributed by atoms with Crippen molar-refractivity contribution in [2.24, 2.45) is 5.92 Å². The highest BCUT2D eigenvalue weighted by Crippen LogP contribution is 2.25. The van der Waals surface area contributed by atoms with Gasteiger partial charge in [0.25, 0.3) is 0 Å². The van der Waals surface area contributed by atoms with E-state index in [1.54, 1.807) is 25.3 Å². The minimum Gasteiger partial charge on any atom is -0.497 e. The zero-order valence-corrected chi connectivity index (χ0v) is 14.5. The SMILES string of the molecule is CC(CO)CC(=O)N1CCCC1.COc1ccc(Cl)c(Cl)c1. The van der Waals surface area contributed by atoms with E-state index in [9.17, 15) is 4.79 Å². The van der Waals surface area contributed by atoms with E-state index in [1.165, 1.54) is 0 Å². The second-order valence-electron chi connectivity index (χ2n) is 5.36. The number of rotatable bonds is 4. The number of aliphatic hydroxyl groups is 1. The molecule has 1 atom stereocenters. The first-order valence-electron chi connectivity index (χ1n) is 7.35. The van der Waals surface area contributed by atoms with Crippen LogP contribution in [0.3, 0.4) is 0 Å². The van der Waals surface area contributed by atoms with Gasteiger partial charge in [0.2, 0.25) is 5.91 Å². The molecule has 0 spiro atoms. The van der Waals surface area contributed by atoms with Gasteiger partial charge in [-0.2, -0.15) is 0 Å². The zero-order chi connectivity index (χ0) is 16.5. The summed E-state index contributed by atoms with van der Waals surface area (Å²) in [6, 6.07) is 5.13. The van der Waals surface area contributed by atoms with Crippen molar-refractivity contribution in [2.75, 3.05) is 26.8 Å². The van der Waals surface area contributed by atoms with Crippen molar-refractivity contribution in [1.29, 1.82) is 0 Å². The van der Waals surface area contributed by atoms with Crippen LogP contribution in [0, 0.1) is 5.92 Å². The van der Waals surface area contributed by atoms with E-state index in [4.69, 9.17) is 33.0 Å². The maximum Gasteiger partial charge on any atom is 0.222 e. The first kappa shape index (κ1) is 19.1. The van der Waals surface area contributed by atoms with Crippen molar-refractivity contribution in [3.8, 4) is 5.75 Å². The van der Waals surface area contributed by atoms with E-state index in [-0.39, 0.29) is 18.4 Å². The van der Waals surface area contributed by atoms with Crippen LogP contribution in [-0.4, -0.2) is 42.7 Å². The number of benzene rings is 1. The summed E-state index contributed by atoms with van der Waals surface area (Å²) in [7, 11) is 1.58. The highest BCUT2D eigenvalue weighted by molar-refractivity contribution is 6.42. The van der Waals surface area contributed by atoms with Crippen LogP contribution in [0.4, 0.5) is 0 Å². The molecule has 2 rings (SSSR count). The molecule has 0 saturated carbocycles. The van der Waals surface area contributed by atoms with Crippen LogP contribution in [-0.2, 0) is 4.79 Å². The summed E-state index contributed by atoms with van der Waals surface area (Å²) in [5.74, 6) is 1.03. The van der Waals surface area contributed by atoms with Crippen molar-refractivity contribution < 1.29 is 14.6 Å². The summed E-state index contributed by atoms with van der Waals surface area (Å²) in [5.41, 5.74) is 0. The Kier molecular flexibility index (Phi) is 8.61. The van der Waals surface area contributed by atoms with Crippen molar-refractivity contribution in [1.82, 2.24) is 4.90 Å². The van der Waals surface area contributed by atoms with Crippen molar-refractivity contribution in [2.45, 2.75) is 26.2 Å². The van der Waals surface area contributed by atoms with E-state index in [1.807, 2.05) is 11.8 Å². The minimum atomic E-state index is 0.109. The number of hydrogen-bond donors (Lipinski definition) is 1. The molecular formula is C16H23Cl2NO3. The van der Waals surface area contributed by atoms with Gasteiger partial charge in [0.1, 0.15) is 5.75 Å². The van der Waals surface area contributed by atoms with Gasteiger partial charge in [0.05, 0.1) is 17.2 Å². The van der Waals surface area contributed by atoms with Gasteiger partial charge in [0.15, 0.2) is 0 Å². The largest absolute Gasteiger partial charge is 0.497 e. The molecular weight excluding hydrogens is 325 g/mol. The van der Waals surface area contributed by atoms with E-state index < -0.39 is 0 Å². The van der Waals surface area contributed by atoms with E-state index in [0.717, 1.165) is 31.7 Å². The van der Waals surface area contributed by atoms with Crippen LogP contribution in [0.15, 0.2) is 18.2 Å². The monoisotopic (exact) mass is 347 g/mol. The molecule has 1 aromatic carbocycles. The number of halogens is 2. The van der Waals surface area contributed by atoms with E-state index in [2.05, 4.69) is 0 Å². The normalized spacial score (nSPS) is 15.0. The lowest BCUT2D eigenvalue weighted by molar-refractivity contribution is -0.131. The Morgan fingerprint density at radius 2 is 1.95 bits per heavy atom. The third-order valence-corrected chi connectivity index (χ3v) is 4.16. The zero-order valence-electron chi connectivity index (χ0n) is 13.0. The van der Waals surface area contributed by atoms with Crippen LogP contribution in [0.2, 0.25) is 10.0 Å². The number of amides is 1. The molecule has 4 nitrogen and oxygen atoms in total. The van der Waals surface area contributed by atoms with Gasteiger partial charge in [-0.15, -0.1) is 0 Å². The number of carbonyl (C=O) groups is 1. The van der Waals surface area contributed by atoms with Gasteiger partial charge >= 0.3 is 0 Å². The Morgan fingerprint density at radius 3 is 2.45 bits per heavy atom. The predicted octanol–water partition coefficient (Wildman–Crippen LogP) is 3.63. The van der Waals surface area contributed by atoms with Crippen LogP contribution in [0.25, 0.3) is 0 Å². The topological polar surface area (TPSA) is 49.8 Å². The van der Waals surface area contributed by atoms with Crippen LogP contribution in [0.1, 0.15) is 26.2 Å². The molecule has 0 bridgehead atoms. The van der Waals surface area contributed by atoms with Crippen LogP contribution < -0.4 is 4.74 Å². The summed E-state index contributed by atoms with van der Waals surface area (Å²) in [6.07, 6.45) is 2.77. The predicted molar refractivity (Wildman–Crippen MR) is 89.7 cm³/mol. The van der Waals surface area contributed by atoms with Gasteiger partial charge in [-0.05, 0) is 30.9 Å². The molecule has 1 saturated heterocycles. The fourth-order valence-electron chi connectivity index (χ4n) is 2.06. The van der Waals surface area contributed by atoms with Gasteiger partial charge < -0.3 is 14.7 Å². The number of nitrogens with zero attached hydrogens (tertiary/aromatic N) is 1. The average molecular weight is 348 g/mol. The first-order valence-corrected chi connectivity index (χ1v) is 8.11. The molecule has 6 heteroatoms. The fourth-order valence-corrected chi connectivity index (χ4v) is 2.35. The Hall–Kier alpha value is -0.970. The lowest BCUT2D eigenvalue weighted by Crippen LogP contribution is -2.29. The molecule has 0 aliphatic carbocycles. The Bertz CT molecular complexity index is 476. The Morgan fingerprint density at radius 1 is 1.32 bits per heavy atom. The van der Waals surface area contributed by atoms with Crippen molar-refractivity contribution >= 4 is 29.1 Å². The molecule has 0 aromatic heterocycles. The first-order chi connectivity index (χ1) is 10.5. The second-order valence-corrected chi connectivity index (χ2v) is 6.17. The number of carbonyl (C=O) groups excluding carboxylic acids is 1. The third-order valence-electron chi connectivity index (χ3n) is 3.42. The van der Waals surface area contributed by atoms with Crippen LogP contribution >= 0.6 is 23.2 Å². The Balaban J connectivity index is 0.000000224. The number of likely N-dealkylation sites (tertiary alicyclic amines) is 1. The highest BCUT2D eigenvalue weighted by atomic mass is 35.5. The molecule has 0 radical (unpaired) electrons. The van der Waals surface area contributed by atoms with Gasteiger partial charge in [0, 0.05) is 32.2 Å². The summed E-state index contributed by atoms with van der Waals surface area (Å²) < 4.78 is 4.91. The molecule has 124 valence electrons. The second kappa shape index (κ2) is 9.93. The fraction of sp³-hybridized carbons (Fsp3) is 0.562. The molecule has 22 heavy (non-hydrogen) atoms. The summed E-state index contributed by atoms with van der Waals surface area (Å²) >= 11 is 11.3.